The summed E-state index contributed by atoms with van der Waals surface area (Å²) in [5, 5.41) is 5.58. The van der Waals surface area contributed by atoms with Crippen molar-refractivity contribution in [2.24, 2.45) is 5.16 Å². The second-order valence-electron chi connectivity index (χ2n) is 6.32. The molecule has 5 heteroatoms. The molecule has 0 spiro atoms. The van der Waals surface area contributed by atoms with Gasteiger partial charge < -0.3 is 4.84 Å². The normalized spacial score (nSPS) is 26.8. The highest BCUT2D eigenvalue weighted by Crippen LogP contribution is 2.36. The molecule has 0 amide bonds. The van der Waals surface area contributed by atoms with E-state index in [0.717, 1.165) is 31.6 Å². The van der Waals surface area contributed by atoms with E-state index in [1.165, 1.54) is 18.4 Å². The summed E-state index contributed by atoms with van der Waals surface area (Å²) in [6, 6.07) is 6.61. The SMILES string of the molecule is C=CCON=C1C[C@H](c2ccc(Cl)c(Cl)c2)CC2CCCN2C1. The molecular formula is C18H22Cl2N2O. The first-order valence-electron chi connectivity index (χ1n) is 8.15. The lowest BCUT2D eigenvalue weighted by Crippen LogP contribution is -2.31. The zero-order chi connectivity index (χ0) is 16.2. The van der Waals surface area contributed by atoms with Crippen LogP contribution in [0.1, 0.15) is 37.2 Å². The maximum absolute atomic E-state index is 6.22. The van der Waals surface area contributed by atoms with Crippen LogP contribution in [0.15, 0.2) is 36.0 Å². The summed E-state index contributed by atoms with van der Waals surface area (Å²) in [7, 11) is 0. The van der Waals surface area contributed by atoms with Crippen molar-refractivity contribution in [1.82, 2.24) is 4.90 Å². The van der Waals surface area contributed by atoms with Crippen LogP contribution in [-0.2, 0) is 4.84 Å². The van der Waals surface area contributed by atoms with E-state index in [1.54, 1.807) is 6.08 Å². The Bertz CT molecular complexity index is 603. The predicted molar refractivity (Wildman–Crippen MR) is 96.6 cm³/mol. The molecule has 0 aromatic heterocycles. The van der Waals surface area contributed by atoms with Crippen LogP contribution in [0.4, 0.5) is 0 Å². The Morgan fingerprint density at radius 2 is 2.22 bits per heavy atom. The van der Waals surface area contributed by atoms with Gasteiger partial charge in [0.05, 0.1) is 15.8 Å². The third-order valence-corrected chi connectivity index (χ3v) is 5.46. The molecule has 0 aliphatic carbocycles. The molecule has 2 atom stereocenters. The topological polar surface area (TPSA) is 24.8 Å². The third kappa shape index (κ3) is 4.09. The van der Waals surface area contributed by atoms with Crippen LogP contribution < -0.4 is 0 Å². The van der Waals surface area contributed by atoms with Crippen molar-refractivity contribution >= 4 is 28.9 Å². The van der Waals surface area contributed by atoms with Gasteiger partial charge in [0.25, 0.3) is 0 Å². The number of benzene rings is 1. The Morgan fingerprint density at radius 1 is 1.35 bits per heavy atom. The van der Waals surface area contributed by atoms with E-state index in [9.17, 15) is 0 Å². The van der Waals surface area contributed by atoms with Gasteiger partial charge in [-0.15, -0.1) is 0 Å². The number of rotatable bonds is 4. The van der Waals surface area contributed by atoms with E-state index in [0.29, 0.717) is 28.6 Å². The average Bonchev–Trinajstić information content (AvgIpc) is 2.89. The monoisotopic (exact) mass is 352 g/mol. The highest BCUT2D eigenvalue weighted by Gasteiger charge is 2.33. The molecule has 0 N–H and O–H groups in total. The lowest BCUT2D eigenvalue weighted by atomic mass is 9.88. The molecule has 1 aromatic rings. The molecule has 3 nitrogen and oxygen atoms in total. The minimum atomic E-state index is 0.406. The summed E-state index contributed by atoms with van der Waals surface area (Å²) in [5.41, 5.74) is 2.34. The van der Waals surface area contributed by atoms with Crippen molar-refractivity contribution < 1.29 is 4.84 Å². The van der Waals surface area contributed by atoms with E-state index in [2.05, 4.69) is 22.7 Å². The smallest absolute Gasteiger partial charge is 0.135 e. The standard InChI is InChI=1S/C18H22Cl2N2O/c1-2-8-23-21-15-9-14(10-16-4-3-7-22(16)12-15)13-5-6-17(19)18(20)11-13/h2,5-6,11,14,16H,1,3-4,7-10,12H2/t14-,16?/m0/s1. The van der Waals surface area contributed by atoms with Gasteiger partial charge >= 0.3 is 0 Å². The van der Waals surface area contributed by atoms with Gasteiger partial charge in [0.2, 0.25) is 0 Å². The van der Waals surface area contributed by atoms with Crippen molar-refractivity contribution in [2.75, 3.05) is 19.7 Å². The number of nitrogens with zero attached hydrogens (tertiary/aromatic N) is 2. The number of hydrogen-bond donors (Lipinski definition) is 0. The van der Waals surface area contributed by atoms with Gasteiger partial charge in [0, 0.05) is 12.6 Å². The molecule has 0 radical (unpaired) electrons. The van der Waals surface area contributed by atoms with Gasteiger partial charge in [-0.3, -0.25) is 4.90 Å². The minimum absolute atomic E-state index is 0.406. The average molecular weight is 353 g/mol. The zero-order valence-corrected chi connectivity index (χ0v) is 14.7. The van der Waals surface area contributed by atoms with E-state index in [-0.39, 0.29) is 0 Å². The van der Waals surface area contributed by atoms with Crippen LogP contribution in [0.3, 0.4) is 0 Å². The molecule has 1 unspecified atom stereocenters. The summed E-state index contributed by atoms with van der Waals surface area (Å²) in [4.78, 5) is 7.88. The minimum Gasteiger partial charge on any atom is -0.392 e. The van der Waals surface area contributed by atoms with Crippen LogP contribution >= 0.6 is 23.2 Å². The third-order valence-electron chi connectivity index (χ3n) is 4.72. The van der Waals surface area contributed by atoms with Crippen LogP contribution in [0.25, 0.3) is 0 Å². The Hall–Kier alpha value is -1.03. The number of hydrogen-bond acceptors (Lipinski definition) is 3. The molecular weight excluding hydrogens is 331 g/mol. The molecule has 0 saturated carbocycles. The van der Waals surface area contributed by atoms with Crippen molar-refractivity contribution in [3.05, 3.63) is 46.5 Å². The molecule has 0 bridgehead atoms. The predicted octanol–water partition coefficient (Wildman–Crippen LogP) is 4.89. The highest BCUT2D eigenvalue weighted by atomic mass is 35.5. The van der Waals surface area contributed by atoms with E-state index in [4.69, 9.17) is 28.0 Å². The van der Waals surface area contributed by atoms with Crippen molar-refractivity contribution in [1.29, 1.82) is 0 Å². The second kappa shape index (κ2) is 7.69. The van der Waals surface area contributed by atoms with Gasteiger partial charge in [0.15, 0.2) is 0 Å². The fourth-order valence-electron chi connectivity index (χ4n) is 3.63. The largest absolute Gasteiger partial charge is 0.392 e. The molecule has 3 rings (SSSR count). The fraction of sp³-hybridized carbons (Fsp3) is 0.500. The Morgan fingerprint density at radius 3 is 3.00 bits per heavy atom. The first kappa shape index (κ1) is 16.8. The lowest BCUT2D eigenvalue weighted by Gasteiger charge is -2.23. The fourth-order valence-corrected chi connectivity index (χ4v) is 3.94. The maximum atomic E-state index is 6.22. The summed E-state index contributed by atoms with van der Waals surface area (Å²) < 4.78 is 0. The summed E-state index contributed by atoms with van der Waals surface area (Å²) in [5.74, 6) is 0.406. The summed E-state index contributed by atoms with van der Waals surface area (Å²) in [6.45, 7) is 6.17. The summed E-state index contributed by atoms with van der Waals surface area (Å²) in [6.07, 6.45) is 6.29. The first-order chi connectivity index (χ1) is 11.2. The van der Waals surface area contributed by atoms with Crippen molar-refractivity contribution in [2.45, 2.75) is 37.6 Å². The number of oxime groups is 1. The molecule has 2 heterocycles. The van der Waals surface area contributed by atoms with Gasteiger partial charge in [-0.1, -0.05) is 47.1 Å². The van der Waals surface area contributed by atoms with Crippen LogP contribution in [0, 0.1) is 0 Å². The van der Waals surface area contributed by atoms with Gasteiger partial charge in [-0.25, -0.2) is 0 Å². The van der Waals surface area contributed by atoms with Gasteiger partial charge in [-0.05, 0) is 55.8 Å². The second-order valence-corrected chi connectivity index (χ2v) is 7.13. The van der Waals surface area contributed by atoms with Crippen LogP contribution in [0.5, 0.6) is 0 Å². The Labute approximate surface area is 147 Å². The van der Waals surface area contributed by atoms with Crippen molar-refractivity contribution in [3.8, 4) is 0 Å². The number of fused-ring (bicyclic) bond motifs is 1. The lowest BCUT2D eigenvalue weighted by molar-refractivity contribution is 0.172. The molecule has 2 saturated heterocycles. The highest BCUT2D eigenvalue weighted by molar-refractivity contribution is 6.42. The van der Waals surface area contributed by atoms with E-state index < -0.39 is 0 Å². The van der Waals surface area contributed by atoms with Crippen molar-refractivity contribution in [3.63, 3.8) is 0 Å². The molecule has 2 aliphatic heterocycles. The molecule has 124 valence electrons. The van der Waals surface area contributed by atoms with E-state index in [1.807, 2.05) is 12.1 Å². The Balaban J connectivity index is 1.83. The molecule has 1 aromatic carbocycles. The Kier molecular flexibility index (Phi) is 5.62. The van der Waals surface area contributed by atoms with Crippen LogP contribution in [0.2, 0.25) is 10.0 Å². The zero-order valence-electron chi connectivity index (χ0n) is 13.2. The van der Waals surface area contributed by atoms with Gasteiger partial charge in [-0.2, -0.15) is 0 Å². The van der Waals surface area contributed by atoms with Crippen LogP contribution in [-0.4, -0.2) is 36.3 Å². The summed E-state index contributed by atoms with van der Waals surface area (Å²) >= 11 is 12.3. The van der Waals surface area contributed by atoms with Gasteiger partial charge in [0.1, 0.15) is 6.61 Å². The quantitative estimate of drug-likeness (QED) is 0.437. The first-order valence-corrected chi connectivity index (χ1v) is 8.90. The molecule has 23 heavy (non-hydrogen) atoms. The molecule has 2 fully saturated rings. The van der Waals surface area contributed by atoms with E-state index >= 15 is 0 Å². The molecule has 2 aliphatic rings. The number of halogens is 2. The maximum Gasteiger partial charge on any atom is 0.135 e.